The van der Waals surface area contributed by atoms with Gasteiger partial charge >= 0.3 is 6.09 Å². The second kappa shape index (κ2) is 9.59. The van der Waals surface area contributed by atoms with Crippen LogP contribution in [0.5, 0.6) is 11.5 Å². The van der Waals surface area contributed by atoms with E-state index in [0.29, 0.717) is 42.8 Å². The van der Waals surface area contributed by atoms with Gasteiger partial charge in [-0.05, 0) is 25.5 Å². The van der Waals surface area contributed by atoms with Gasteiger partial charge in [-0.3, -0.25) is 4.90 Å². The molecule has 0 bridgehead atoms. The maximum Gasteiger partial charge on any atom is 0.409 e. The molecule has 1 aromatic rings. The number of piperazine rings is 1. The SMILES string of the molecule is CCOC(=O)N1CCN(CCCOc2ccc(OC)cc2Cl)CC1. The van der Waals surface area contributed by atoms with E-state index in [4.69, 9.17) is 25.8 Å². The second-order valence-electron chi connectivity index (χ2n) is 5.53. The lowest BCUT2D eigenvalue weighted by molar-refractivity contribution is 0.0782. The van der Waals surface area contributed by atoms with E-state index in [-0.39, 0.29) is 6.09 Å². The molecule has 0 N–H and O–H groups in total. The van der Waals surface area contributed by atoms with Crippen LogP contribution in [0.3, 0.4) is 0 Å². The van der Waals surface area contributed by atoms with Gasteiger partial charge in [-0.1, -0.05) is 11.6 Å². The van der Waals surface area contributed by atoms with E-state index in [1.54, 1.807) is 18.1 Å². The smallest absolute Gasteiger partial charge is 0.409 e. The number of ether oxygens (including phenoxy) is 3. The normalized spacial score (nSPS) is 15.2. The van der Waals surface area contributed by atoms with Gasteiger partial charge in [0.1, 0.15) is 11.5 Å². The molecule has 1 aliphatic heterocycles. The van der Waals surface area contributed by atoms with E-state index in [1.807, 2.05) is 19.1 Å². The number of methoxy groups -OCH3 is 1. The van der Waals surface area contributed by atoms with Crippen molar-refractivity contribution in [1.82, 2.24) is 9.80 Å². The maximum absolute atomic E-state index is 11.6. The quantitative estimate of drug-likeness (QED) is 0.703. The summed E-state index contributed by atoms with van der Waals surface area (Å²) in [5.74, 6) is 1.39. The largest absolute Gasteiger partial charge is 0.497 e. The number of carbonyl (C=O) groups is 1. The molecule has 0 aromatic heterocycles. The summed E-state index contributed by atoms with van der Waals surface area (Å²) in [6.45, 7) is 6.93. The number of benzene rings is 1. The van der Waals surface area contributed by atoms with Crippen LogP contribution in [0.4, 0.5) is 4.79 Å². The van der Waals surface area contributed by atoms with Crippen molar-refractivity contribution in [2.45, 2.75) is 13.3 Å². The number of rotatable bonds is 7. The van der Waals surface area contributed by atoms with Gasteiger partial charge in [-0.25, -0.2) is 4.79 Å². The second-order valence-corrected chi connectivity index (χ2v) is 5.93. The number of nitrogens with zero attached hydrogens (tertiary/aromatic N) is 2. The van der Waals surface area contributed by atoms with Crippen molar-refractivity contribution in [2.75, 3.05) is 53.0 Å². The Hall–Kier alpha value is -1.66. The third kappa shape index (κ3) is 5.46. The molecule has 1 amide bonds. The Morgan fingerprint density at radius 3 is 2.62 bits per heavy atom. The summed E-state index contributed by atoms with van der Waals surface area (Å²) >= 11 is 6.14. The molecular formula is C17H25ClN2O4. The van der Waals surface area contributed by atoms with Crippen LogP contribution in [0.15, 0.2) is 18.2 Å². The molecular weight excluding hydrogens is 332 g/mol. The zero-order valence-corrected chi connectivity index (χ0v) is 15.1. The van der Waals surface area contributed by atoms with Gasteiger partial charge in [0.25, 0.3) is 0 Å². The average molecular weight is 357 g/mol. The van der Waals surface area contributed by atoms with Gasteiger partial charge in [-0.15, -0.1) is 0 Å². The van der Waals surface area contributed by atoms with Crippen LogP contribution in [0.2, 0.25) is 5.02 Å². The first-order chi connectivity index (χ1) is 11.6. The van der Waals surface area contributed by atoms with Crippen LogP contribution < -0.4 is 9.47 Å². The van der Waals surface area contributed by atoms with Crippen LogP contribution in [0.25, 0.3) is 0 Å². The van der Waals surface area contributed by atoms with Gasteiger partial charge in [0.05, 0.1) is 25.3 Å². The van der Waals surface area contributed by atoms with Gasteiger partial charge in [0.2, 0.25) is 0 Å². The lowest BCUT2D eigenvalue weighted by Crippen LogP contribution is -2.49. The van der Waals surface area contributed by atoms with Gasteiger partial charge in [0.15, 0.2) is 0 Å². The van der Waals surface area contributed by atoms with Crippen LogP contribution in [0, 0.1) is 0 Å². The van der Waals surface area contributed by atoms with Crippen molar-refractivity contribution in [3.63, 3.8) is 0 Å². The fourth-order valence-corrected chi connectivity index (χ4v) is 2.79. The molecule has 1 heterocycles. The molecule has 24 heavy (non-hydrogen) atoms. The van der Waals surface area contributed by atoms with Crippen molar-refractivity contribution in [2.24, 2.45) is 0 Å². The zero-order valence-electron chi connectivity index (χ0n) is 14.3. The van der Waals surface area contributed by atoms with E-state index >= 15 is 0 Å². The predicted octanol–water partition coefficient (Wildman–Crippen LogP) is 2.89. The van der Waals surface area contributed by atoms with Crippen LogP contribution >= 0.6 is 11.6 Å². The van der Waals surface area contributed by atoms with E-state index in [9.17, 15) is 4.79 Å². The van der Waals surface area contributed by atoms with Crippen LogP contribution in [0.1, 0.15) is 13.3 Å². The molecule has 6 nitrogen and oxygen atoms in total. The first-order valence-corrected chi connectivity index (χ1v) is 8.62. The Morgan fingerprint density at radius 1 is 1.25 bits per heavy atom. The fourth-order valence-electron chi connectivity index (χ4n) is 2.56. The third-order valence-corrected chi connectivity index (χ3v) is 4.21. The molecule has 134 valence electrons. The van der Waals surface area contributed by atoms with Crippen molar-refractivity contribution in [3.8, 4) is 11.5 Å². The first-order valence-electron chi connectivity index (χ1n) is 8.24. The Bertz CT molecular complexity index is 533. The Labute approximate surface area is 148 Å². The Morgan fingerprint density at radius 2 is 2.00 bits per heavy atom. The van der Waals surface area contributed by atoms with Crippen molar-refractivity contribution >= 4 is 17.7 Å². The molecule has 0 atom stereocenters. The summed E-state index contributed by atoms with van der Waals surface area (Å²) in [7, 11) is 1.61. The highest BCUT2D eigenvalue weighted by Gasteiger charge is 2.21. The maximum atomic E-state index is 11.6. The van der Waals surface area contributed by atoms with Crippen LogP contribution in [-0.4, -0.2) is 68.9 Å². The summed E-state index contributed by atoms with van der Waals surface area (Å²) < 4.78 is 15.9. The highest BCUT2D eigenvalue weighted by molar-refractivity contribution is 6.32. The predicted molar refractivity (Wildman–Crippen MR) is 93.2 cm³/mol. The van der Waals surface area contributed by atoms with Crippen molar-refractivity contribution in [3.05, 3.63) is 23.2 Å². The molecule has 0 saturated carbocycles. The molecule has 2 rings (SSSR count). The Kier molecular flexibility index (Phi) is 7.46. The highest BCUT2D eigenvalue weighted by atomic mass is 35.5. The molecule has 1 fully saturated rings. The minimum atomic E-state index is -0.213. The molecule has 0 aliphatic carbocycles. The van der Waals surface area contributed by atoms with E-state index in [1.165, 1.54) is 0 Å². The van der Waals surface area contributed by atoms with Crippen molar-refractivity contribution in [1.29, 1.82) is 0 Å². The first kappa shape index (κ1) is 18.7. The van der Waals surface area contributed by atoms with E-state index in [0.717, 1.165) is 26.1 Å². The molecule has 1 aliphatic rings. The lowest BCUT2D eigenvalue weighted by Gasteiger charge is -2.33. The molecule has 1 saturated heterocycles. The summed E-state index contributed by atoms with van der Waals surface area (Å²) in [6.07, 6.45) is 0.691. The third-order valence-electron chi connectivity index (χ3n) is 3.91. The molecule has 0 spiro atoms. The van der Waals surface area contributed by atoms with Gasteiger partial charge < -0.3 is 19.1 Å². The van der Waals surface area contributed by atoms with Gasteiger partial charge in [0, 0.05) is 38.8 Å². The lowest BCUT2D eigenvalue weighted by atomic mass is 10.3. The highest BCUT2D eigenvalue weighted by Crippen LogP contribution is 2.28. The molecule has 0 unspecified atom stereocenters. The standard InChI is InChI=1S/C17H25ClN2O4/c1-3-23-17(21)20-10-8-19(9-11-20)7-4-12-24-16-6-5-14(22-2)13-15(16)18/h5-6,13H,3-4,7-12H2,1-2H3. The molecule has 1 aromatic carbocycles. The number of halogens is 1. The van der Waals surface area contributed by atoms with Gasteiger partial charge in [-0.2, -0.15) is 0 Å². The topological polar surface area (TPSA) is 51.2 Å². The monoisotopic (exact) mass is 356 g/mol. The fraction of sp³-hybridized carbons (Fsp3) is 0.588. The number of amides is 1. The number of carbonyl (C=O) groups excluding carboxylic acids is 1. The summed E-state index contributed by atoms with van der Waals surface area (Å²) in [6, 6.07) is 5.39. The number of hydrogen-bond acceptors (Lipinski definition) is 5. The average Bonchev–Trinajstić information content (AvgIpc) is 2.60. The minimum absolute atomic E-state index is 0.213. The zero-order chi connectivity index (χ0) is 17.4. The van der Waals surface area contributed by atoms with Crippen LogP contribution in [-0.2, 0) is 4.74 Å². The molecule has 0 radical (unpaired) electrons. The minimum Gasteiger partial charge on any atom is -0.497 e. The van der Waals surface area contributed by atoms with E-state index < -0.39 is 0 Å². The summed E-state index contributed by atoms with van der Waals surface area (Å²) in [5, 5.41) is 0.553. The Balaban J connectivity index is 1.64. The summed E-state index contributed by atoms with van der Waals surface area (Å²) in [4.78, 5) is 15.7. The van der Waals surface area contributed by atoms with E-state index in [2.05, 4.69) is 4.90 Å². The number of hydrogen-bond donors (Lipinski definition) is 0. The van der Waals surface area contributed by atoms with Crippen molar-refractivity contribution < 1.29 is 19.0 Å². The summed E-state index contributed by atoms with van der Waals surface area (Å²) in [5.41, 5.74) is 0. The molecule has 7 heteroatoms.